The molecule has 0 amide bonds. The van der Waals surface area contributed by atoms with E-state index in [9.17, 15) is 0 Å². The van der Waals surface area contributed by atoms with Crippen molar-refractivity contribution in [3.05, 3.63) is 47.0 Å². The van der Waals surface area contributed by atoms with Crippen molar-refractivity contribution < 1.29 is 14.2 Å². The zero-order chi connectivity index (χ0) is 20.4. The molecule has 1 aliphatic rings. The first-order chi connectivity index (χ1) is 14.0. The smallest absolute Gasteiger partial charge is 0.299 e. The molecule has 6 nitrogen and oxygen atoms in total. The highest BCUT2D eigenvalue weighted by molar-refractivity contribution is 7.07. The van der Waals surface area contributed by atoms with Crippen molar-refractivity contribution in [1.82, 2.24) is 14.3 Å². The molecule has 0 spiro atoms. The number of halogens is 1. The van der Waals surface area contributed by atoms with Gasteiger partial charge in [0.2, 0.25) is 6.79 Å². The summed E-state index contributed by atoms with van der Waals surface area (Å²) in [5, 5.41) is 0.527. The molecule has 3 aromatic rings. The number of fused-ring (bicyclic) bond motifs is 1. The van der Waals surface area contributed by atoms with Crippen molar-refractivity contribution in [2.24, 2.45) is 0 Å². The fourth-order valence-electron chi connectivity index (χ4n) is 3.20. The molecule has 0 fully saturated rings. The summed E-state index contributed by atoms with van der Waals surface area (Å²) in [6, 6.07) is 10.0. The van der Waals surface area contributed by atoms with Crippen molar-refractivity contribution >= 4 is 23.9 Å². The molecule has 0 aliphatic carbocycles. The van der Waals surface area contributed by atoms with Crippen LogP contribution < -0.4 is 14.2 Å². The maximum atomic E-state index is 6.07. The summed E-state index contributed by atoms with van der Waals surface area (Å²) in [7, 11) is 2.15. The van der Waals surface area contributed by atoms with Gasteiger partial charge in [0.1, 0.15) is 5.75 Å². The number of aromatic nitrogens is 2. The molecule has 0 atom stereocenters. The van der Waals surface area contributed by atoms with Crippen molar-refractivity contribution in [2.75, 3.05) is 26.9 Å². The van der Waals surface area contributed by atoms with E-state index in [0.717, 1.165) is 47.9 Å². The van der Waals surface area contributed by atoms with Crippen LogP contribution in [0.3, 0.4) is 0 Å². The summed E-state index contributed by atoms with van der Waals surface area (Å²) in [6.07, 6.45) is 1.03. The van der Waals surface area contributed by atoms with Crippen LogP contribution in [0.4, 0.5) is 0 Å². The number of aryl methyl sites for hydroxylation is 2. The molecule has 160 valence electrons. The molecule has 1 aromatic heterocycles. The number of nitrogens with zero attached hydrogens (tertiary/aromatic N) is 3. The maximum Gasteiger partial charge on any atom is 0.299 e. The van der Waals surface area contributed by atoms with Gasteiger partial charge in [-0.3, -0.25) is 0 Å². The Morgan fingerprint density at radius 3 is 2.70 bits per heavy atom. The number of rotatable bonds is 7. The lowest BCUT2D eigenvalue weighted by atomic mass is 10.0. The molecule has 0 bridgehead atoms. The van der Waals surface area contributed by atoms with Gasteiger partial charge in [-0.15, -0.1) is 12.4 Å². The predicted molar refractivity (Wildman–Crippen MR) is 122 cm³/mol. The third kappa shape index (κ3) is 4.86. The van der Waals surface area contributed by atoms with Crippen LogP contribution in [0.5, 0.6) is 22.4 Å². The summed E-state index contributed by atoms with van der Waals surface area (Å²) in [4.78, 5) is 6.86. The number of ether oxygens (including phenoxy) is 3. The van der Waals surface area contributed by atoms with Crippen molar-refractivity contribution in [3.63, 3.8) is 0 Å². The lowest BCUT2D eigenvalue weighted by molar-refractivity contribution is 0.174. The largest absolute Gasteiger partial charge is 0.454 e. The standard InChI is InChI=1S/C22H25N3O3S.ClH/c1-5-25(4)9-8-16-10-15(3)19(11-14(16)2)28-22-23-21(24-29-22)17-6-7-18-20(12-17)27-13-26-18;/h6-7,10-12H,5,8-9,13H2,1-4H3;1H. The first kappa shape index (κ1) is 22.3. The molecular weight excluding hydrogens is 422 g/mol. The fraction of sp³-hybridized carbons (Fsp3) is 0.364. The van der Waals surface area contributed by atoms with Crippen LogP contribution in [-0.2, 0) is 6.42 Å². The molecule has 4 rings (SSSR count). The Hall–Kier alpha value is -2.35. The molecule has 30 heavy (non-hydrogen) atoms. The SMILES string of the molecule is CCN(C)CCc1cc(C)c(Oc2nc(-c3ccc4c(c3)OCO4)ns2)cc1C.Cl. The van der Waals surface area contributed by atoms with Gasteiger partial charge in [0.25, 0.3) is 5.19 Å². The van der Waals surface area contributed by atoms with Gasteiger partial charge in [-0.05, 0) is 74.8 Å². The quantitative estimate of drug-likeness (QED) is 0.492. The summed E-state index contributed by atoms with van der Waals surface area (Å²) in [6.45, 7) is 8.73. The summed E-state index contributed by atoms with van der Waals surface area (Å²) in [5.41, 5.74) is 4.57. The molecular formula is C22H26ClN3O3S. The molecule has 0 unspecified atom stereocenters. The molecule has 0 saturated carbocycles. The van der Waals surface area contributed by atoms with Gasteiger partial charge in [0.15, 0.2) is 17.3 Å². The van der Waals surface area contributed by atoms with Gasteiger partial charge in [-0.1, -0.05) is 13.0 Å². The van der Waals surface area contributed by atoms with E-state index in [2.05, 4.69) is 54.2 Å². The summed E-state index contributed by atoms with van der Waals surface area (Å²) >= 11 is 1.25. The van der Waals surface area contributed by atoms with Gasteiger partial charge in [-0.2, -0.15) is 9.36 Å². The highest BCUT2D eigenvalue weighted by Gasteiger charge is 2.17. The zero-order valence-electron chi connectivity index (χ0n) is 17.6. The lowest BCUT2D eigenvalue weighted by Gasteiger charge is -2.16. The Morgan fingerprint density at radius 1 is 1.10 bits per heavy atom. The Kier molecular flexibility index (Phi) is 7.18. The van der Waals surface area contributed by atoms with E-state index in [-0.39, 0.29) is 19.2 Å². The highest BCUT2D eigenvalue weighted by Crippen LogP contribution is 2.36. The minimum atomic E-state index is 0. The Morgan fingerprint density at radius 2 is 1.90 bits per heavy atom. The normalized spacial score (nSPS) is 12.2. The van der Waals surface area contributed by atoms with Crippen LogP contribution in [0, 0.1) is 13.8 Å². The van der Waals surface area contributed by atoms with Crippen LogP contribution in [-0.4, -0.2) is 41.2 Å². The summed E-state index contributed by atoms with van der Waals surface area (Å²) < 4.78 is 21.3. The van der Waals surface area contributed by atoms with E-state index >= 15 is 0 Å². The molecule has 0 radical (unpaired) electrons. The van der Waals surface area contributed by atoms with E-state index in [4.69, 9.17) is 14.2 Å². The van der Waals surface area contributed by atoms with Gasteiger partial charge in [0.05, 0.1) is 0 Å². The average molecular weight is 448 g/mol. The van der Waals surface area contributed by atoms with Crippen molar-refractivity contribution in [1.29, 1.82) is 0 Å². The first-order valence-corrected chi connectivity index (χ1v) is 10.5. The highest BCUT2D eigenvalue weighted by atomic mass is 35.5. The van der Waals surface area contributed by atoms with Crippen LogP contribution in [0.25, 0.3) is 11.4 Å². The van der Waals surface area contributed by atoms with Crippen molar-refractivity contribution in [2.45, 2.75) is 27.2 Å². The van der Waals surface area contributed by atoms with Crippen LogP contribution in [0.2, 0.25) is 0 Å². The van der Waals surface area contributed by atoms with Crippen LogP contribution >= 0.6 is 23.9 Å². The average Bonchev–Trinajstić information content (AvgIpc) is 3.37. The zero-order valence-corrected chi connectivity index (χ0v) is 19.2. The second-order valence-corrected chi connectivity index (χ2v) is 7.96. The van der Waals surface area contributed by atoms with Gasteiger partial charge >= 0.3 is 0 Å². The second-order valence-electron chi connectivity index (χ2n) is 7.24. The van der Waals surface area contributed by atoms with E-state index in [1.807, 2.05) is 18.2 Å². The molecule has 1 aliphatic heterocycles. The Labute approximate surface area is 187 Å². The second kappa shape index (κ2) is 9.64. The number of benzene rings is 2. The van der Waals surface area contributed by atoms with Crippen molar-refractivity contribution in [3.8, 4) is 33.8 Å². The number of hydrogen-bond acceptors (Lipinski definition) is 7. The molecule has 2 aromatic carbocycles. The van der Waals surface area contributed by atoms with E-state index in [1.54, 1.807) is 0 Å². The predicted octanol–water partition coefficient (Wildman–Crippen LogP) is 5.26. The molecule has 0 saturated heterocycles. The lowest BCUT2D eigenvalue weighted by Crippen LogP contribution is -2.20. The minimum absolute atomic E-state index is 0. The topological polar surface area (TPSA) is 56.7 Å². The maximum absolute atomic E-state index is 6.07. The van der Waals surface area contributed by atoms with Crippen LogP contribution in [0.1, 0.15) is 23.6 Å². The number of hydrogen-bond donors (Lipinski definition) is 0. The van der Waals surface area contributed by atoms with E-state index < -0.39 is 0 Å². The third-order valence-corrected chi connectivity index (χ3v) is 5.77. The van der Waals surface area contributed by atoms with Crippen LogP contribution in [0.15, 0.2) is 30.3 Å². The molecule has 8 heteroatoms. The number of likely N-dealkylation sites (N-methyl/N-ethyl adjacent to an activating group) is 1. The van der Waals surface area contributed by atoms with Gasteiger partial charge in [-0.25, -0.2) is 0 Å². The minimum Gasteiger partial charge on any atom is -0.454 e. The van der Waals surface area contributed by atoms with E-state index in [0.29, 0.717) is 11.0 Å². The third-order valence-electron chi connectivity index (χ3n) is 5.17. The fourth-order valence-corrected chi connectivity index (χ4v) is 3.76. The molecule has 0 N–H and O–H groups in total. The molecule has 2 heterocycles. The van der Waals surface area contributed by atoms with Gasteiger partial charge < -0.3 is 19.1 Å². The Bertz CT molecular complexity index is 1020. The van der Waals surface area contributed by atoms with E-state index in [1.165, 1.54) is 22.7 Å². The van der Waals surface area contributed by atoms with Gasteiger partial charge in [0, 0.05) is 23.6 Å². The monoisotopic (exact) mass is 447 g/mol. The first-order valence-electron chi connectivity index (χ1n) is 9.73. The summed E-state index contributed by atoms with van der Waals surface area (Å²) in [5.74, 6) is 2.91. The Balaban J connectivity index is 0.00000256.